The second-order valence-electron chi connectivity index (χ2n) is 7.11. The van der Waals surface area contributed by atoms with Crippen LogP contribution in [0, 0.1) is 18.7 Å². The molecule has 3 rings (SSSR count). The van der Waals surface area contributed by atoms with Crippen molar-refractivity contribution in [2.45, 2.75) is 39.7 Å². The van der Waals surface area contributed by atoms with Crippen LogP contribution in [-0.4, -0.2) is 40.2 Å². The lowest BCUT2D eigenvalue weighted by molar-refractivity contribution is 0.0798. The number of aryl methyl sites for hydroxylation is 1. The number of likely N-dealkylation sites (tertiary alicyclic amines) is 1. The van der Waals surface area contributed by atoms with Gasteiger partial charge in [0.1, 0.15) is 5.82 Å². The predicted molar refractivity (Wildman–Crippen MR) is 93.3 cm³/mol. The number of halogens is 1. The summed E-state index contributed by atoms with van der Waals surface area (Å²) in [5.41, 5.74) is 1.49. The van der Waals surface area contributed by atoms with Gasteiger partial charge in [0.05, 0.1) is 17.6 Å². The number of rotatable bonds is 3. The second-order valence-corrected chi connectivity index (χ2v) is 7.11. The molecule has 2 aromatic rings. The quantitative estimate of drug-likeness (QED) is 0.925. The number of carbonyl (C=O) groups excluding carboxylic acids is 1. The molecule has 1 N–H and O–H groups in total. The van der Waals surface area contributed by atoms with Gasteiger partial charge < -0.3 is 14.6 Å². The Morgan fingerprint density at radius 2 is 2.04 bits per heavy atom. The van der Waals surface area contributed by atoms with Crippen LogP contribution in [0.2, 0.25) is 0 Å². The number of hydrogen-bond acceptors (Lipinski definition) is 3. The van der Waals surface area contributed by atoms with E-state index in [0.29, 0.717) is 55.1 Å². The van der Waals surface area contributed by atoms with E-state index >= 15 is 0 Å². The van der Waals surface area contributed by atoms with Gasteiger partial charge in [0.25, 0.3) is 0 Å². The van der Waals surface area contributed by atoms with Crippen LogP contribution < -0.4 is 5.69 Å². The second kappa shape index (κ2) is 6.90. The molecule has 6 nitrogen and oxygen atoms in total. The molecule has 1 aromatic heterocycles. The molecule has 1 amide bonds. The zero-order valence-corrected chi connectivity index (χ0v) is 14.8. The van der Waals surface area contributed by atoms with Crippen molar-refractivity contribution >= 4 is 17.1 Å². The monoisotopic (exact) mass is 349 g/mol. The number of nitrogens with one attached hydrogen (secondary N) is 1. The highest BCUT2D eigenvalue weighted by Gasteiger charge is 2.27. The first kappa shape index (κ1) is 17.5. The van der Waals surface area contributed by atoms with Crippen LogP contribution >= 0.6 is 0 Å². The summed E-state index contributed by atoms with van der Waals surface area (Å²) in [4.78, 5) is 28.8. The van der Waals surface area contributed by atoms with Gasteiger partial charge in [0.15, 0.2) is 0 Å². The Hall–Kier alpha value is -2.31. The van der Waals surface area contributed by atoms with Crippen molar-refractivity contribution in [3.05, 3.63) is 34.0 Å². The molecule has 1 aromatic carbocycles. The minimum absolute atomic E-state index is 0.0136. The van der Waals surface area contributed by atoms with Crippen molar-refractivity contribution < 1.29 is 13.9 Å². The lowest BCUT2D eigenvalue weighted by atomic mass is 10.0. The Morgan fingerprint density at radius 1 is 1.36 bits per heavy atom. The van der Waals surface area contributed by atoms with E-state index in [0.717, 1.165) is 0 Å². The minimum Gasteiger partial charge on any atom is -0.449 e. The number of benzene rings is 1. The largest absolute Gasteiger partial charge is 0.449 e. The number of hydrogen-bond donors (Lipinski definition) is 1. The van der Waals surface area contributed by atoms with Gasteiger partial charge in [0.2, 0.25) is 0 Å². The average Bonchev–Trinajstić information content (AvgIpc) is 2.88. The first-order valence-electron chi connectivity index (χ1n) is 8.69. The van der Waals surface area contributed by atoms with E-state index in [-0.39, 0.29) is 23.6 Å². The van der Waals surface area contributed by atoms with Crippen LogP contribution in [0.3, 0.4) is 0 Å². The molecule has 7 heteroatoms. The third-order valence-electron chi connectivity index (χ3n) is 4.62. The highest BCUT2D eigenvalue weighted by atomic mass is 19.1. The van der Waals surface area contributed by atoms with Crippen molar-refractivity contribution in [2.75, 3.05) is 19.7 Å². The maximum atomic E-state index is 13.7. The van der Waals surface area contributed by atoms with Crippen LogP contribution in [0.4, 0.5) is 9.18 Å². The lowest BCUT2D eigenvalue weighted by Gasteiger charge is -2.32. The summed E-state index contributed by atoms with van der Waals surface area (Å²) >= 11 is 0. The summed E-state index contributed by atoms with van der Waals surface area (Å²) in [5, 5.41) is 0. The summed E-state index contributed by atoms with van der Waals surface area (Å²) in [6, 6.07) is 3.05. The molecule has 0 aliphatic carbocycles. The molecule has 0 bridgehead atoms. The number of aromatic amines is 1. The molecule has 1 saturated heterocycles. The zero-order valence-electron chi connectivity index (χ0n) is 14.8. The Morgan fingerprint density at radius 3 is 2.68 bits per heavy atom. The Kier molecular flexibility index (Phi) is 4.83. The van der Waals surface area contributed by atoms with Crippen LogP contribution in [-0.2, 0) is 4.74 Å². The standard InChI is InChI=1S/C18H24FN3O3/c1-11(2)10-25-18(24)21-6-4-13(5-7-21)22-16-8-12(3)14(19)9-15(16)20-17(22)23/h8-9,11,13H,4-7,10H2,1-3H3,(H,20,23). The van der Waals surface area contributed by atoms with Crippen LogP contribution in [0.15, 0.2) is 16.9 Å². The predicted octanol–water partition coefficient (Wildman–Crippen LogP) is 3.21. The van der Waals surface area contributed by atoms with Gasteiger partial charge in [-0.3, -0.25) is 4.57 Å². The van der Waals surface area contributed by atoms with E-state index in [1.807, 2.05) is 13.8 Å². The highest BCUT2D eigenvalue weighted by molar-refractivity contribution is 5.76. The van der Waals surface area contributed by atoms with E-state index in [1.165, 1.54) is 6.07 Å². The molecular formula is C18H24FN3O3. The molecule has 136 valence electrons. The topological polar surface area (TPSA) is 67.3 Å². The van der Waals surface area contributed by atoms with E-state index in [4.69, 9.17) is 4.74 Å². The van der Waals surface area contributed by atoms with Crippen molar-refractivity contribution in [1.29, 1.82) is 0 Å². The summed E-state index contributed by atoms with van der Waals surface area (Å²) in [7, 11) is 0. The van der Waals surface area contributed by atoms with E-state index in [9.17, 15) is 14.0 Å². The number of amides is 1. The number of carbonyl (C=O) groups is 1. The fourth-order valence-electron chi connectivity index (χ4n) is 3.25. The maximum absolute atomic E-state index is 13.7. The molecule has 0 spiro atoms. The molecule has 1 aliphatic rings. The molecule has 0 radical (unpaired) electrons. The molecule has 1 aliphatic heterocycles. The number of H-pyrrole nitrogens is 1. The van der Waals surface area contributed by atoms with E-state index in [2.05, 4.69) is 4.98 Å². The Balaban J connectivity index is 1.74. The molecule has 25 heavy (non-hydrogen) atoms. The molecule has 0 saturated carbocycles. The number of imidazole rings is 1. The Labute approximate surface area is 145 Å². The summed E-state index contributed by atoms with van der Waals surface area (Å²) in [6.07, 6.45) is 1.04. The van der Waals surface area contributed by atoms with Gasteiger partial charge in [-0.2, -0.15) is 0 Å². The third kappa shape index (κ3) is 3.55. The van der Waals surface area contributed by atoms with E-state index < -0.39 is 0 Å². The van der Waals surface area contributed by atoms with E-state index in [1.54, 1.807) is 22.5 Å². The summed E-state index contributed by atoms with van der Waals surface area (Å²) < 4.78 is 20.7. The maximum Gasteiger partial charge on any atom is 0.409 e. The summed E-state index contributed by atoms with van der Waals surface area (Å²) in [6.45, 7) is 7.17. The number of nitrogens with zero attached hydrogens (tertiary/aromatic N) is 2. The molecular weight excluding hydrogens is 325 g/mol. The number of fused-ring (bicyclic) bond motifs is 1. The number of piperidine rings is 1. The lowest BCUT2D eigenvalue weighted by Crippen LogP contribution is -2.41. The van der Waals surface area contributed by atoms with Crippen LogP contribution in [0.5, 0.6) is 0 Å². The van der Waals surface area contributed by atoms with Crippen molar-refractivity contribution in [3.8, 4) is 0 Å². The van der Waals surface area contributed by atoms with Gasteiger partial charge in [0, 0.05) is 19.1 Å². The first-order chi connectivity index (χ1) is 11.9. The molecule has 0 unspecified atom stereocenters. The van der Waals surface area contributed by atoms with Crippen molar-refractivity contribution in [2.24, 2.45) is 5.92 Å². The zero-order chi connectivity index (χ0) is 18.1. The SMILES string of the molecule is Cc1cc2c(cc1F)[nH]c(=O)n2C1CCN(C(=O)OCC(C)C)CC1. The molecule has 1 fully saturated rings. The van der Waals surface area contributed by atoms with Gasteiger partial charge in [-0.05, 0) is 43.4 Å². The van der Waals surface area contributed by atoms with Crippen LogP contribution in [0.1, 0.15) is 38.3 Å². The molecule has 0 atom stereocenters. The number of aromatic nitrogens is 2. The smallest absolute Gasteiger partial charge is 0.409 e. The summed E-state index contributed by atoms with van der Waals surface area (Å²) in [5.74, 6) is -0.0291. The highest BCUT2D eigenvalue weighted by Crippen LogP contribution is 2.26. The van der Waals surface area contributed by atoms with Gasteiger partial charge in [-0.25, -0.2) is 14.0 Å². The van der Waals surface area contributed by atoms with Gasteiger partial charge in [-0.1, -0.05) is 13.8 Å². The number of ether oxygens (including phenoxy) is 1. The normalized spacial score (nSPS) is 16.0. The van der Waals surface area contributed by atoms with Crippen molar-refractivity contribution in [1.82, 2.24) is 14.5 Å². The average molecular weight is 349 g/mol. The van der Waals surface area contributed by atoms with Gasteiger partial charge in [-0.15, -0.1) is 0 Å². The first-order valence-corrected chi connectivity index (χ1v) is 8.69. The molecule has 2 heterocycles. The fraction of sp³-hybridized carbons (Fsp3) is 0.556. The van der Waals surface area contributed by atoms with Gasteiger partial charge >= 0.3 is 11.8 Å². The van der Waals surface area contributed by atoms with Crippen molar-refractivity contribution in [3.63, 3.8) is 0 Å². The third-order valence-corrected chi connectivity index (χ3v) is 4.62. The Bertz CT molecular complexity index is 832. The minimum atomic E-state index is -0.330. The van der Waals surface area contributed by atoms with Crippen LogP contribution in [0.25, 0.3) is 11.0 Å². The fourth-order valence-corrected chi connectivity index (χ4v) is 3.25.